The van der Waals surface area contributed by atoms with Crippen molar-refractivity contribution in [3.63, 3.8) is 0 Å². The number of methoxy groups -OCH3 is 2. The van der Waals surface area contributed by atoms with E-state index in [-0.39, 0.29) is 11.7 Å². The van der Waals surface area contributed by atoms with Gasteiger partial charge in [0.15, 0.2) is 11.5 Å². The molecule has 0 bridgehead atoms. The number of esters is 1. The van der Waals surface area contributed by atoms with E-state index in [1.54, 1.807) is 42.5 Å². The minimum absolute atomic E-state index is 0.0137. The number of anilines is 1. The molecule has 0 unspecified atom stereocenters. The van der Waals surface area contributed by atoms with Crippen molar-refractivity contribution in [2.75, 3.05) is 19.5 Å². The lowest BCUT2D eigenvalue weighted by molar-refractivity contribution is -0.110. The zero-order chi connectivity index (χ0) is 20.4. The van der Waals surface area contributed by atoms with Crippen LogP contribution in [0.3, 0.4) is 0 Å². The lowest BCUT2D eigenvalue weighted by Crippen LogP contribution is -2.07. The smallest absolute Gasteiger partial charge is 0.382 e. The second-order valence-electron chi connectivity index (χ2n) is 6.10. The summed E-state index contributed by atoms with van der Waals surface area (Å²) in [5, 5.41) is 6.29. The largest absolute Gasteiger partial charge is 0.493 e. The Morgan fingerprint density at radius 2 is 1.79 bits per heavy atom. The first-order valence-electron chi connectivity index (χ1n) is 8.61. The van der Waals surface area contributed by atoms with Crippen molar-refractivity contribution in [3.8, 4) is 17.2 Å². The molecule has 1 N–H and O–H groups in total. The normalized spacial score (nSPS) is 13.7. The fraction of sp³-hybridized carbons (Fsp3) is 0.0952. The van der Waals surface area contributed by atoms with Crippen LogP contribution < -0.4 is 19.5 Å². The molecule has 0 saturated heterocycles. The number of hydrogen-bond donors (Lipinski definition) is 1. The molecule has 2 heterocycles. The predicted molar refractivity (Wildman–Crippen MR) is 104 cm³/mol. The first-order chi connectivity index (χ1) is 14.1. The molecule has 29 heavy (non-hydrogen) atoms. The van der Waals surface area contributed by atoms with Gasteiger partial charge in [-0.15, -0.1) is 0 Å². The Hall–Kier alpha value is -4.07. The first kappa shape index (κ1) is 18.3. The lowest BCUT2D eigenvalue weighted by Gasteiger charge is -2.09. The van der Waals surface area contributed by atoms with Gasteiger partial charge < -0.3 is 24.1 Å². The van der Waals surface area contributed by atoms with E-state index in [1.807, 2.05) is 0 Å². The molecule has 146 valence electrons. The van der Waals surface area contributed by atoms with Crippen LogP contribution in [0.4, 0.5) is 5.69 Å². The Labute approximate surface area is 165 Å². The maximum absolute atomic E-state index is 12.4. The number of ether oxygens (including phenoxy) is 3. The topological polar surface area (TPSA) is 99.9 Å². The Kier molecular flexibility index (Phi) is 4.74. The maximum atomic E-state index is 12.4. The number of amides is 1. The van der Waals surface area contributed by atoms with E-state index in [0.29, 0.717) is 34.1 Å². The van der Waals surface area contributed by atoms with Crippen molar-refractivity contribution in [1.29, 1.82) is 0 Å². The van der Waals surface area contributed by atoms with Crippen molar-refractivity contribution < 1.29 is 28.3 Å². The first-order valence-corrected chi connectivity index (χ1v) is 8.61. The van der Waals surface area contributed by atoms with Crippen LogP contribution in [0.25, 0.3) is 11.6 Å². The summed E-state index contributed by atoms with van der Waals surface area (Å²) in [6, 6.07) is 11.6. The Morgan fingerprint density at radius 3 is 2.45 bits per heavy atom. The fourth-order valence-corrected chi connectivity index (χ4v) is 2.94. The van der Waals surface area contributed by atoms with Gasteiger partial charge in [0.1, 0.15) is 5.75 Å². The summed E-state index contributed by atoms with van der Waals surface area (Å²) in [6.07, 6.45) is 3.11. The molecule has 3 aromatic rings. The molecule has 1 aromatic heterocycles. The van der Waals surface area contributed by atoms with Gasteiger partial charge in [-0.1, -0.05) is 17.3 Å². The van der Waals surface area contributed by atoms with Gasteiger partial charge in [-0.2, -0.15) is 0 Å². The van der Waals surface area contributed by atoms with Crippen LogP contribution in [-0.2, 0) is 4.79 Å². The van der Waals surface area contributed by atoms with Crippen LogP contribution in [0.1, 0.15) is 21.7 Å². The Bertz CT molecular complexity index is 1100. The summed E-state index contributed by atoms with van der Waals surface area (Å²) < 4.78 is 20.6. The average molecular weight is 392 g/mol. The molecule has 8 heteroatoms. The molecular weight excluding hydrogens is 376 g/mol. The van der Waals surface area contributed by atoms with Crippen LogP contribution in [0.15, 0.2) is 53.2 Å². The third-order valence-corrected chi connectivity index (χ3v) is 4.35. The van der Waals surface area contributed by atoms with Gasteiger partial charge >= 0.3 is 5.97 Å². The number of rotatable bonds is 5. The van der Waals surface area contributed by atoms with Gasteiger partial charge in [0.2, 0.25) is 5.76 Å². The zero-order valence-electron chi connectivity index (χ0n) is 15.6. The summed E-state index contributed by atoms with van der Waals surface area (Å²) in [6.45, 7) is 0. The number of hydrogen-bond acceptors (Lipinski definition) is 7. The van der Waals surface area contributed by atoms with Crippen LogP contribution in [-0.4, -0.2) is 31.3 Å². The van der Waals surface area contributed by atoms with E-state index >= 15 is 0 Å². The van der Waals surface area contributed by atoms with E-state index in [4.69, 9.17) is 18.7 Å². The lowest BCUT2D eigenvalue weighted by atomic mass is 10.0. The van der Waals surface area contributed by atoms with Crippen LogP contribution in [0.2, 0.25) is 0 Å². The van der Waals surface area contributed by atoms with Gasteiger partial charge in [-0.05, 0) is 29.8 Å². The molecular formula is C21H16N2O6. The van der Waals surface area contributed by atoms with Gasteiger partial charge in [-0.3, -0.25) is 4.79 Å². The molecule has 4 rings (SSSR count). The van der Waals surface area contributed by atoms with Crippen molar-refractivity contribution in [2.45, 2.75) is 0 Å². The van der Waals surface area contributed by atoms with E-state index in [9.17, 15) is 9.59 Å². The van der Waals surface area contributed by atoms with Crippen molar-refractivity contribution >= 4 is 29.2 Å². The number of aromatic nitrogens is 1. The second-order valence-corrected chi connectivity index (χ2v) is 6.10. The Balaban J connectivity index is 1.59. The number of carbonyl (C=O) groups is 2. The standard InChI is InChI=1S/C21H16N2O6/c1-26-18-10-14-15(20(24)23-16(14)11-19(18)27-2)9-12-3-5-13(6-4-12)28-21(25)17-7-8-22-29-17/h3-11H,1-2H3,(H,23,24)/b15-9+. The molecule has 0 fully saturated rings. The highest BCUT2D eigenvalue weighted by atomic mass is 16.6. The predicted octanol–water partition coefficient (Wildman–Crippen LogP) is 3.40. The van der Waals surface area contributed by atoms with Gasteiger partial charge in [0.25, 0.3) is 5.91 Å². The van der Waals surface area contributed by atoms with E-state index in [2.05, 4.69) is 10.5 Å². The maximum Gasteiger partial charge on any atom is 0.382 e. The fourth-order valence-electron chi connectivity index (χ4n) is 2.94. The SMILES string of the molecule is COc1cc2c(cc1OC)/C(=C\c1ccc(OC(=O)c3ccno3)cc1)C(=O)N2. The van der Waals surface area contributed by atoms with Crippen molar-refractivity contribution in [3.05, 3.63) is 65.5 Å². The third kappa shape index (κ3) is 3.55. The van der Waals surface area contributed by atoms with Crippen molar-refractivity contribution in [2.24, 2.45) is 0 Å². The van der Waals surface area contributed by atoms with Crippen molar-refractivity contribution in [1.82, 2.24) is 5.16 Å². The third-order valence-electron chi connectivity index (χ3n) is 4.35. The minimum atomic E-state index is -0.640. The quantitative estimate of drug-likeness (QED) is 0.403. The molecule has 2 aromatic carbocycles. The molecule has 0 saturated carbocycles. The zero-order valence-corrected chi connectivity index (χ0v) is 15.6. The van der Waals surface area contributed by atoms with Crippen LogP contribution in [0.5, 0.6) is 17.2 Å². The number of carbonyl (C=O) groups excluding carboxylic acids is 2. The molecule has 1 aliphatic heterocycles. The highest BCUT2D eigenvalue weighted by Crippen LogP contribution is 2.41. The Morgan fingerprint density at radius 1 is 1.07 bits per heavy atom. The molecule has 0 aliphatic carbocycles. The van der Waals surface area contributed by atoms with Gasteiger partial charge in [-0.25, -0.2) is 4.79 Å². The van der Waals surface area contributed by atoms with Gasteiger partial charge in [0, 0.05) is 23.3 Å². The van der Waals surface area contributed by atoms with E-state index in [1.165, 1.54) is 26.5 Å². The summed E-state index contributed by atoms with van der Waals surface area (Å²) in [4.78, 5) is 24.3. The molecule has 0 atom stereocenters. The minimum Gasteiger partial charge on any atom is -0.493 e. The van der Waals surface area contributed by atoms with Crippen LogP contribution >= 0.6 is 0 Å². The highest BCUT2D eigenvalue weighted by Gasteiger charge is 2.26. The number of benzene rings is 2. The summed E-state index contributed by atoms with van der Waals surface area (Å²) >= 11 is 0. The number of nitrogens with one attached hydrogen (secondary N) is 1. The average Bonchev–Trinajstić information content (AvgIpc) is 3.37. The highest BCUT2D eigenvalue weighted by molar-refractivity contribution is 6.35. The molecule has 8 nitrogen and oxygen atoms in total. The molecule has 0 spiro atoms. The second kappa shape index (κ2) is 7.51. The summed E-state index contributed by atoms with van der Waals surface area (Å²) in [7, 11) is 3.07. The summed E-state index contributed by atoms with van der Waals surface area (Å²) in [5.41, 5.74) is 2.62. The molecule has 0 radical (unpaired) electrons. The van der Waals surface area contributed by atoms with E-state index < -0.39 is 5.97 Å². The summed E-state index contributed by atoms with van der Waals surface area (Å²) in [5.74, 6) is 0.556. The number of nitrogens with zero attached hydrogens (tertiary/aromatic N) is 1. The number of fused-ring (bicyclic) bond motifs is 1. The van der Waals surface area contributed by atoms with Gasteiger partial charge in [0.05, 0.1) is 26.1 Å². The molecule has 1 aliphatic rings. The van der Waals surface area contributed by atoms with Crippen LogP contribution in [0, 0.1) is 0 Å². The monoisotopic (exact) mass is 392 g/mol. The molecule has 1 amide bonds. The van der Waals surface area contributed by atoms with E-state index in [0.717, 1.165) is 5.56 Å².